The minimum atomic E-state index is 0.202. The molecule has 1 aliphatic rings. The minimum absolute atomic E-state index is 0.202. The van der Waals surface area contributed by atoms with Crippen LogP contribution in [0.25, 0.3) is 0 Å². The van der Waals surface area contributed by atoms with Crippen LogP contribution in [0, 0.1) is 0 Å². The highest BCUT2D eigenvalue weighted by atomic mass is 35.5. The van der Waals surface area contributed by atoms with Gasteiger partial charge < -0.3 is 0 Å². The zero-order chi connectivity index (χ0) is 10.8. The molecule has 0 saturated carbocycles. The first kappa shape index (κ1) is 10.7. The summed E-state index contributed by atoms with van der Waals surface area (Å²) in [5.41, 5.74) is 2.04. The second-order valence-electron chi connectivity index (χ2n) is 3.65. The highest BCUT2D eigenvalue weighted by molar-refractivity contribution is 6.36. The van der Waals surface area contributed by atoms with Crippen LogP contribution < -0.4 is 0 Å². The first-order valence-corrected chi connectivity index (χ1v) is 5.57. The van der Waals surface area contributed by atoms with E-state index < -0.39 is 0 Å². The van der Waals surface area contributed by atoms with Gasteiger partial charge in [-0.15, -0.1) is 0 Å². The van der Waals surface area contributed by atoms with Crippen molar-refractivity contribution in [1.82, 2.24) is 0 Å². The number of halogens is 2. The van der Waals surface area contributed by atoms with Crippen molar-refractivity contribution >= 4 is 29.0 Å². The van der Waals surface area contributed by atoms with Crippen LogP contribution in [-0.2, 0) is 11.2 Å². The van der Waals surface area contributed by atoms with E-state index in [2.05, 4.69) is 0 Å². The van der Waals surface area contributed by atoms with E-state index in [0.717, 1.165) is 17.6 Å². The van der Waals surface area contributed by atoms with Crippen LogP contribution in [-0.4, -0.2) is 5.78 Å². The average molecular weight is 241 g/mol. The fourth-order valence-corrected chi connectivity index (χ4v) is 2.25. The van der Waals surface area contributed by atoms with Crippen molar-refractivity contribution in [3.63, 3.8) is 0 Å². The van der Waals surface area contributed by atoms with Gasteiger partial charge in [0, 0.05) is 16.5 Å². The van der Waals surface area contributed by atoms with Crippen molar-refractivity contribution in [3.05, 3.63) is 45.5 Å². The first-order valence-electron chi connectivity index (χ1n) is 4.82. The topological polar surface area (TPSA) is 17.1 Å². The normalized spacial score (nSPS) is 15.6. The largest absolute Gasteiger partial charge is 0.295 e. The number of hydrogen-bond acceptors (Lipinski definition) is 1. The third kappa shape index (κ3) is 2.42. The number of carbonyl (C=O) groups is 1. The maximum atomic E-state index is 11.1. The molecule has 1 aromatic carbocycles. The summed E-state index contributed by atoms with van der Waals surface area (Å²) in [6, 6.07) is 5.46. The number of hydrogen-bond donors (Lipinski definition) is 0. The van der Waals surface area contributed by atoms with E-state index in [0.29, 0.717) is 22.9 Å². The van der Waals surface area contributed by atoms with Crippen LogP contribution >= 0.6 is 23.2 Å². The Bertz CT molecular complexity index is 415. The van der Waals surface area contributed by atoms with Gasteiger partial charge in [0.25, 0.3) is 0 Å². The molecule has 78 valence electrons. The molecule has 0 heterocycles. The van der Waals surface area contributed by atoms with Crippen LogP contribution in [0.4, 0.5) is 0 Å². The van der Waals surface area contributed by atoms with E-state index in [4.69, 9.17) is 23.2 Å². The van der Waals surface area contributed by atoms with E-state index in [1.807, 2.05) is 18.2 Å². The summed E-state index contributed by atoms with van der Waals surface area (Å²) < 4.78 is 0. The third-order valence-corrected chi connectivity index (χ3v) is 3.23. The lowest BCUT2D eigenvalue weighted by molar-refractivity contribution is -0.114. The lowest BCUT2D eigenvalue weighted by atomic mass is 10.0. The Labute approximate surface area is 98.7 Å². The first-order chi connectivity index (χ1) is 7.16. The fourth-order valence-electron chi connectivity index (χ4n) is 1.72. The van der Waals surface area contributed by atoms with E-state index in [1.54, 1.807) is 6.08 Å². The number of ketones is 1. The Morgan fingerprint density at radius 1 is 1.13 bits per heavy atom. The number of allylic oxidation sites excluding steroid dienone is 2. The summed E-state index contributed by atoms with van der Waals surface area (Å²) >= 11 is 12.1. The molecule has 0 N–H and O–H groups in total. The SMILES string of the molecule is O=C1C=C(Cc2c(Cl)cccc2Cl)CC1. The molecule has 0 atom stereocenters. The Morgan fingerprint density at radius 2 is 1.80 bits per heavy atom. The molecule has 0 aromatic heterocycles. The average Bonchev–Trinajstić information content (AvgIpc) is 2.58. The van der Waals surface area contributed by atoms with E-state index in [1.165, 1.54) is 0 Å². The Hall–Kier alpha value is -0.790. The van der Waals surface area contributed by atoms with Gasteiger partial charge in [0.05, 0.1) is 0 Å². The third-order valence-electron chi connectivity index (χ3n) is 2.52. The molecule has 1 nitrogen and oxygen atoms in total. The Balaban J connectivity index is 2.24. The zero-order valence-electron chi connectivity index (χ0n) is 8.09. The quantitative estimate of drug-likeness (QED) is 0.769. The van der Waals surface area contributed by atoms with Gasteiger partial charge in [-0.05, 0) is 36.6 Å². The van der Waals surface area contributed by atoms with Gasteiger partial charge in [-0.25, -0.2) is 0 Å². The van der Waals surface area contributed by atoms with Gasteiger partial charge in [0.1, 0.15) is 0 Å². The summed E-state index contributed by atoms with van der Waals surface area (Å²) in [7, 11) is 0. The van der Waals surface area contributed by atoms with E-state index in [9.17, 15) is 4.79 Å². The smallest absolute Gasteiger partial charge is 0.155 e. The molecule has 0 fully saturated rings. The summed E-state index contributed by atoms with van der Waals surface area (Å²) in [6.07, 6.45) is 3.85. The van der Waals surface area contributed by atoms with E-state index in [-0.39, 0.29) is 5.78 Å². The summed E-state index contributed by atoms with van der Waals surface area (Å²) in [6.45, 7) is 0. The van der Waals surface area contributed by atoms with Crippen LogP contribution in [0.3, 0.4) is 0 Å². The number of carbonyl (C=O) groups excluding carboxylic acids is 1. The molecular weight excluding hydrogens is 231 g/mol. The lowest BCUT2D eigenvalue weighted by Gasteiger charge is -2.06. The molecule has 1 aromatic rings. The molecule has 0 radical (unpaired) electrons. The molecule has 0 spiro atoms. The van der Waals surface area contributed by atoms with Gasteiger partial charge >= 0.3 is 0 Å². The molecule has 2 rings (SSSR count). The van der Waals surface area contributed by atoms with Crippen molar-refractivity contribution in [3.8, 4) is 0 Å². The van der Waals surface area contributed by atoms with Gasteiger partial charge in [-0.1, -0.05) is 34.8 Å². The van der Waals surface area contributed by atoms with Crippen LogP contribution in [0.1, 0.15) is 18.4 Å². The van der Waals surface area contributed by atoms with Crippen LogP contribution in [0.5, 0.6) is 0 Å². The predicted molar refractivity (Wildman–Crippen MR) is 62.5 cm³/mol. The van der Waals surface area contributed by atoms with Gasteiger partial charge in [0.15, 0.2) is 5.78 Å². The van der Waals surface area contributed by atoms with Gasteiger partial charge in [0.2, 0.25) is 0 Å². The van der Waals surface area contributed by atoms with Crippen molar-refractivity contribution in [1.29, 1.82) is 0 Å². The van der Waals surface area contributed by atoms with Crippen molar-refractivity contribution in [2.75, 3.05) is 0 Å². The van der Waals surface area contributed by atoms with Gasteiger partial charge in [-0.2, -0.15) is 0 Å². The molecular formula is C12H10Cl2O. The Morgan fingerprint density at radius 3 is 2.33 bits per heavy atom. The molecule has 0 bridgehead atoms. The molecule has 0 aliphatic heterocycles. The van der Waals surface area contributed by atoms with Crippen molar-refractivity contribution in [2.45, 2.75) is 19.3 Å². The molecule has 1 aliphatic carbocycles. The van der Waals surface area contributed by atoms with Crippen LogP contribution in [0.15, 0.2) is 29.8 Å². The minimum Gasteiger partial charge on any atom is -0.295 e. The molecule has 0 unspecified atom stereocenters. The number of rotatable bonds is 2. The molecule has 3 heteroatoms. The lowest BCUT2D eigenvalue weighted by Crippen LogP contribution is -1.90. The maximum Gasteiger partial charge on any atom is 0.155 e. The molecule has 15 heavy (non-hydrogen) atoms. The highest BCUT2D eigenvalue weighted by Gasteiger charge is 2.14. The summed E-state index contributed by atoms with van der Waals surface area (Å²) in [5, 5.41) is 1.34. The monoisotopic (exact) mass is 240 g/mol. The predicted octanol–water partition coefficient (Wildman–Crippen LogP) is 3.83. The second-order valence-corrected chi connectivity index (χ2v) is 4.46. The molecule has 0 saturated heterocycles. The highest BCUT2D eigenvalue weighted by Crippen LogP contribution is 2.29. The summed E-state index contributed by atoms with van der Waals surface area (Å²) in [4.78, 5) is 11.1. The maximum absolute atomic E-state index is 11.1. The van der Waals surface area contributed by atoms with Crippen LogP contribution in [0.2, 0.25) is 10.0 Å². The van der Waals surface area contributed by atoms with Crippen molar-refractivity contribution < 1.29 is 4.79 Å². The standard InChI is InChI=1S/C12H10Cl2O/c13-11-2-1-3-12(14)10(11)7-8-4-5-9(15)6-8/h1-3,6H,4-5,7H2. The zero-order valence-corrected chi connectivity index (χ0v) is 9.61. The number of benzene rings is 1. The van der Waals surface area contributed by atoms with Crippen molar-refractivity contribution in [2.24, 2.45) is 0 Å². The summed E-state index contributed by atoms with van der Waals surface area (Å²) in [5.74, 6) is 0.202. The van der Waals surface area contributed by atoms with E-state index >= 15 is 0 Å². The second kappa shape index (κ2) is 4.38. The Kier molecular flexibility index (Phi) is 3.13. The molecule has 0 amide bonds. The van der Waals surface area contributed by atoms with Gasteiger partial charge in [-0.3, -0.25) is 4.79 Å². The fraction of sp³-hybridized carbons (Fsp3) is 0.250.